The van der Waals surface area contributed by atoms with Gasteiger partial charge in [-0.1, -0.05) is 12.1 Å². The van der Waals surface area contributed by atoms with Gasteiger partial charge < -0.3 is 19.8 Å². The molecule has 1 aliphatic heterocycles. The SMILES string of the molecule is CCOc1cccc2cc(C(C)NC(=O)CCC3CCNC3)oc12.Cl. The van der Waals surface area contributed by atoms with Gasteiger partial charge >= 0.3 is 0 Å². The van der Waals surface area contributed by atoms with Crippen molar-refractivity contribution >= 4 is 29.3 Å². The van der Waals surface area contributed by atoms with Gasteiger partial charge in [-0.2, -0.15) is 0 Å². The number of nitrogens with one attached hydrogen (secondary N) is 2. The number of ether oxygens (including phenoxy) is 1. The molecular formula is C19H27ClN2O3. The Labute approximate surface area is 154 Å². The predicted molar refractivity (Wildman–Crippen MR) is 101 cm³/mol. The van der Waals surface area contributed by atoms with E-state index >= 15 is 0 Å². The lowest BCUT2D eigenvalue weighted by atomic mass is 10.0. The summed E-state index contributed by atoms with van der Waals surface area (Å²) in [5.74, 6) is 2.22. The van der Waals surface area contributed by atoms with Crippen LogP contribution in [0.4, 0.5) is 0 Å². The molecule has 5 nitrogen and oxygen atoms in total. The molecule has 0 bridgehead atoms. The average Bonchev–Trinajstić information content (AvgIpc) is 3.23. The minimum atomic E-state index is -0.152. The molecule has 2 heterocycles. The van der Waals surface area contributed by atoms with Gasteiger partial charge in [-0.25, -0.2) is 0 Å². The number of carbonyl (C=O) groups excluding carboxylic acids is 1. The second kappa shape index (κ2) is 9.11. The van der Waals surface area contributed by atoms with E-state index in [0.29, 0.717) is 18.9 Å². The summed E-state index contributed by atoms with van der Waals surface area (Å²) in [5, 5.41) is 7.37. The Balaban J connectivity index is 0.00000225. The molecule has 25 heavy (non-hydrogen) atoms. The molecule has 2 N–H and O–H groups in total. The quantitative estimate of drug-likeness (QED) is 0.781. The Morgan fingerprint density at radius 3 is 3.04 bits per heavy atom. The van der Waals surface area contributed by atoms with Crippen LogP contribution in [-0.2, 0) is 4.79 Å². The summed E-state index contributed by atoms with van der Waals surface area (Å²) in [6.45, 7) is 6.60. The molecule has 1 aromatic carbocycles. The van der Waals surface area contributed by atoms with E-state index in [2.05, 4.69) is 10.6 Å². The van der Waals surface area contributed by atoms with Crippen LogP contribution in [-0.4, -0.2) is 25.6 Å². The molecule has 1 aromatic heterocycles. The van der Waals surface area contributed by atoms with Crippen LogP contribution in [0.2, 0.25) is 0 Å². The third-order valence-corrected chi connectivity index (χ3v) is 4.57. The molecule has 6 heteroatoms. The van der Waals surface area contributed by atoms with Crippen LogP contribution in [0.3, 0.4) is 0 Å². The van der Waals surface area contributed by atoms with Crippen molar-refractivity contribution in [1.29, 1.82) is 0 Å². The number of amides is 1. The van der Waals surface area contributed by atoms with Gasteiger partial charge in [0.2, 0.25) is 5.91 Å². The van der Waals surface area contributed by atoms with Crippen LogP contribution >= 0.6 is 12.4 Å². The van der Waals surface area contributed by atoms with Gasteiger partial charge in [-0.05, 0) is 57.8 Å². The van der Waals surface area contributed by atoms with Crippen molar-refractivity contribution < 1.29 is 13.9 Å². The number of carbonyl (C=O) groups is 1. The van der Waals surface area contributed by atoms with Crippen molar-refractivity contribution in [3.63, 3.8) is 0 Å². The molecule has 1 amide bonds. The van der Waals surface area contributed by atoms with Gasteiger partial charge in [0.15, 0.2) is 11.3 Å². The van der Waals surface area contributed by atoms with Crippen LogP contribution in [0.5, 0.6) is 5.75 Å². The lowest BCUT2D eigenvalue weighted by molar-refractivity contribution is -0.122. The Bertz CT molecular complexity index is 695. The molecule has 2 unspecified atom stereocenters. The van der Waals surface area contributed by atoms with E-state index in [1.165, 1.54) is 6.42 Å². The Morgan fingerprint density at radius 2 is 2.32 bits per heavy atom. The number of furan rings is 1. The third kappa shape index (κ3) is 4.89. The van der Waals surface area contributed by atoms with Crippen LogP contribution < -0.4 is 15.4 Å². The van der Waals surface area contributed by atoms with E-state index in [1.54, 1.807) is 0 Å². The van der Waals surface area contributed by atoms with Gasteiger partial charge in [-0.3, -0.25) is 4.79 Å². The number of rotatable bonds is 7. The van der Waals surface area contributed by atoms with Crippen LogP contribution in [0.1, 0.15) is 44.9 Å². The van der Waals surface area contributed by atoms with Gasteiger partial charge in [0, 0.05) is 11.8 Å². The fourth-order valence-electron chi connectivity index (χ4n) is 3.22. The van der Waals surface area contributed by atoms with Crippen molar-refractivity contribution in [2.24, 2.45) is 5.92 Å². The molecule has 0 radical (unpaired) electrons. The number of hydrogen-bond acceptors (Lipinski definition) is 4. The highest BCUT2D eigenvalue weighted by atomic mass is 35.5. The second-order valence-corrected chi connectivity index (χ2v) is 6.44. The largest absolute Gasteiger partial charge is 0.490 e. The molecule has 0 saturated carbocycles. The zero-order valence-electron chi connectivity index (χ0n) is 14.8. The molecule has 138 valence electrons. The van der Waals surface area contributed by atoms with Crippen molar-refractivity contribution in [1.82, 2.24) is 10.6 Å². The Morgan fingerprint density at radius 1 is 1.48 bits per heavy atom. The maximum absolute atomic E-state index is 12.2. The van der Waals surface area contributed by atoms with E-state index in [9.17, 15) is 4.79 Å². The van der Waals surface area contributed by atoms with Gasteiger partial charge in [0.25, 0.3) is 0 Å². The Kier molecular flexibility index (Phi) is 7.14. The minimum absolute atomic E-state index is 0. The number of para-hydroxylation sites is 1. The van der Waals surface area contributed by atoms with Gasteiger partial charge in [0.05, 0.1) is 12.6 Å². The summed E-state index contributed by atoms with van der Waals surface area (Å²) in [6.07, 6.45) is 2.69. The first kappa shape index (κ1) is 19.6. The zero-order chi connectivity index (χ0) is 16.9. The average molecular weight is 367 g/mol. The predicted octanol–water partition coefficient (Wildman–Crippen LogP) is 3.82. The highest BCUT2D eigenvalue weighted by molar-refractivity contribution is 5.85. The molecule has 0 aliphatic carbocycles. The van der Waals surface area contributed by atoms with Crippen LogP contribution in [0.15, 0.2) is 28.7 Å². The van der Waals surface area contributed by atoms with Gasteiger partial charge in [-0.15, -0.1) is 12.4 Å². The Hall–Kier alpha value is -1.72. The van der Waals surface area contributed by atoms with Crippen molar-refractivity contribution in [3.05, 3.63) is 30.0 Å². The molecule has 1 fully saturated rings. The summed E-state index contributed by atoms with van der Waals surface area (Å²) in [4.78, 5) is 12.2. The summed E-state index contributed by atoms with van der Waals surface area (Å²) in [7, 11) is 0. The fourth-order valence-corrected chi connectivity index (χ4v) is 3.22. The van der Waals surface area contributed by atoms with E-state index < -0.39 is 0 Å². The number of benzene rings is 1. The van der Waals surface area contributed by atoms with Crippen LogP contribution in [0, 0.1) is 5.92 Å². The summed E-state index contributed by atoms with van der Waals surface area (Å²) >= 11 is 0. The summed E-state index contributed by atoms with van der Waals surface area (Å²) in [5.41, 5.74) is 0.743. The molecule has 1 saturated heterocycles. The standard InChI is InChI=1S/C19H26N2O3.ClH/c1-3-23-16-6-4-5-15-11-17(24-19(15)16)13(2)21-18(22)8-7-14-9-10-20-12-14;/h4-6,11,13-14,20H,3,7-10,12H2,1-2H3,(H,21,22);1H. The lowest BCUT2D eigenvalue weighted by Crippen LogP contribution is -2.26. The third-order valence-electron chi connectivity index (χ3n) is 4.57. The first-order chi connectivity index (χ1) is 11.7. The number of halogens is 1. The van der Waals surface area contributed by atoms with Crippen LogP contribution in [0.25, 0.3) is 11.0 Å². The molecular weight excluding hydrogens is 340 g/mol. The van der Waals surface area contributed by atoms with Crippen molar-refractivity contribution in [3.8, 4) is 5.75 Å². The fraction of sp³-hybridized carbons (Fsp3) is 0.526. The molecule has 2 aromatic rings. The summed E-state index contributed by atoms with van der Waals surface area (Å²) < 4.78 is 11.5. The first-order valence-electron chi connectivity index (χ1n) is 8.82. The zero-order valence-corrected chi connectivity index (χ0v) is 15.7. The van der Waals surface area contributed by atoms with E-state index in [0.717, 1.165) is 42.0 Å². The van der Waals surface area contributed by atoms with Crippen molar-refractivity contribution in [2.45, 2.75) is 39.2 Å². The highest BCUT2D eigenvalue weighted by Gasteiger charge is 2.19. The monoisotopic (exact) mass is 366 g/mol. The summed E-state index contributed by atoms with van der Waals surface area (Å²) in [6, 6.07) is 7.67. The molecule has 0 spiro atoms. The van der Waals surface area contributed by atoms with E-state index in [4.69, 9.17) is 9.15 Å². The molecule has 1 aliphatic rings. The normalized spacial score (nSPS) is 17.9. The number of fused-ring (bicyclic) bond motifs is 1. The lowest BCUT2D eigenvalue weighted by Gasteiger charge is -2.13. The van der Waals surface area contributed by atoms with E-state index in [1.807, 2.05) is 38.1 Å². The smallest absolute Gasteiger partial charge is 0.220 e. The second-order valence-electron chi connectivity index (χ2n) is 6.44. The minimum Gasteiger partial charge on any atom is -0.490 e. The van der Waals surface area contributed by atoms with E-state index in [-0.39, 0.29) is 24.4 Å². The topological polar surface area (TPSA) is 63.5 Å². The van der Waals surface area contributed by atoms with Crippen molar-refractivity contribution in [2.75, 3.05) is 19.7 Å². The number of hydrogen-bond donors (Lipinski definition) is 2. The highest BCUT2D eigenvalue weighted by Crippen LogP contribution is 2.31. The van der Waals surface area contributed by atoms with Gasteiger partial charge in [0.1, 0.15) is 5.76 Å². The maximum Gasteiger partial charge on any atom is 0.220 e. The molecule has 3 rings (SSSR count). The molecule has 2 atom stereocenters. The maximum atomic E-state index is 12.2. The first-order valence-corrected chi connectivity index (χ1v) is 8.82.